The molecule has 3 aromatic carbocycles. The van der Waals surface area contributed by atoms with Crippen molar-refractivity contribution >= 4 is 40.6 Å². The highest BCUT2D eigenvalue weighted by atomic mass is 32.2. The van der Waals surface area contributed by atoms with Gasteiger partial charge >= 0.3 is 0 Å². The molecule has 1 atom stereocenters. The van der Waals surface area contributed by atoms with E-state index >= 15 is 0 Å². The molecule has 0 fully saturated rings. The fourth-order valence-corrected chi connectivity index (χ4v) is 6.85. The van der Waals surface area contributed by atoms with Gasteiger partial charge in [0.25, 0.3) is 11.8 Å². The highest BCUT2D eigenvalue weighted by Gasteiger charge is 2.36. The average molecular weight is 683 g/mol. The van der Waals surface area contributed by atoms with E-state index in [0.717, 1.165) is 21.7 Å². The quantitative estimate of drug-likeness (QED) is 0.151. The molecule has 0 saturated carbocycles. The normalized spacial score (nSPS) is 14.0. The molecular weight excluding hydrogens is 649 g/mol. The van der Waals surface area contributed by atoms with Crippen molar-refractivity contribution in [3.8, 4) is 17.2 Å². The number of nitrogens with zero attached hydrogens (tertiary/aromatic N) is 5. The average Bonchev–Trinajstić information content (AvgIpc) is 3.90. The number of rotatable bonds is 14. The smallest absolute Gasteiger partial charge is 0.258 e. The molecule has 0 bridgehead atoms. The Bertz CT molecular complexity index is 1870. The van der Waals surface area contributed by atoms with Crippen LogP contribution >= 0.6 is 23.1 Å². The third-order valence-electron chi connectivity index (χ3n) is 7.62. The Morgan fingerprint density at radius 1 is 0.938 bits per heavy atom. The van der Waals surface area contributed by atoms with Gasteiger partial charge in [-0.05, 0) is 35.2 Å². The molecule has 6 rings (SSSR count). The van der Waals surface area contributed by atoms with Gasteiger partial charge in [0.15, 0.2) is 29.1 Å². The number of thiophene rings is 1. The molecule has 1 aliphatic rings. The van der Waals surface area contributed by atoms with Crippen molar-refractivity contribution in [1.82, 2.24) is 25.1 Å². The molecule has 0 saturated heterocycles. The van der Waals surface area contributed by atoms with Crippen molar-refractivity contribution in [2.75, 3.05) is 26.6 Å². The number of benzene rings is 3. The number of amides is 2. The molecule has 48 heavy (non-hydrogen) atoms. The molecule has 5 aromatic rings. The van der Waals surface area contributed by atoms with Gasteiger partial charge in [0.05, 0.1) is 49.7 Å². The molecule has 0 radical (unpaired) electrons. The van der Waals surface area contributed by atoms with Gasteiger partial charge in [-0.15, -0.1) is 21.5 Å². The predicted octanol–water partition coefficient (Wildman–Crippen LogP) is 5.57. The standard InChI is InChI=1S/C35H34N6O5S2/c1-44-29-16-9-15-26(34(29)45-2)28-19-27(30-17-10-18-47-30)39-41(28)33(43)23-48-35-38-37-31(40(35)21-24-11-5-3-6-12-24)20-36-32(42)22-46-25-13-7-4-8-14-25/h3-18,28H,19-23H2,1-2H3,(H,36,42)/t28-/m1/s1. The fourth-order valence-electron chi connectivity index (χ4n) is 5.32. The summed E-state index contributed by atoms with van der Waals surface area (Å²) < 4.78 is 18.8. The summed E-state index contributed by atoms with van der Waals surface area (Å²) in [6.07, 6.45) is 0.530. The summed E-state index contributed by atoms with van der Waals surface area (Å²) in [6, 6.07) is 28.3. The molecule has 0 aliphatic carbocycles. The first-order valence-corrected chi connectivity index (χ1v) is 17.1. The topological polar surface area (TPSA) is 120 Å². The number of nitrogens with one attached hydrogen (secondary N) is 1. The molecule has 0 unspecified atom stereocenters. The second-order valence-electron chi connectivity index (χ2n) is 10.7. The summed E-state index contributed by atoms with van der Waals surface area (Å²) in [5.74, 6) is 1.91. The lowest BCUT2D eigenvalue weighted by Gasteiger charge is -2.24. The summed E-state index contributed by atoms with van der Waals surface area (Å²) in [6.45, 7) is 0.476. The van der Waals surface area contributed by atoms with Gasteiger partial charge in [-0.2, -0.15) is 5.10 Å². The van der Waals surface area contributed by atoms with Crippen LogP contribution in [0.15, 0.2) is 107 Å². The van der Waals surface area contributed by atoms with E-state index in [1.54, 1.807) is 42.7 Å². The van der Waals surface area contributed by atoms with Gasteiger partial charge in [0.1, 0.15) is 5.75 Å². The Morgan fingerprint density at radius 3 is 2.46 bits per heavy atom. The molecule has 13 heteroatoms. The van der Waals surface area contributed by atoms with E-state index in [-0.39, 0.29) is 36.8 Å². The van der Waals surface area contributed by atoms with Crippen molar-refractivity contribution in [3.05, 3.63) is 118 Å². The van der Waals surface area contributed by atoms with Crippen molar-refractivity contribution in [3.63, 3.8) is 0 Å². The number of hydrogen-bond donors (Lipinski definition) is 1. The minimum absolute atomic E-state index is 0.0637. The summed E-state index contributed by atoms with van der Waals surface area (Å²) in [7, 11) is 3.18. The lowest BCUT2D eigenvalue weighted by molar-refractivity contribution is -0.130. The second kappa shape index (κ2) is 15.6. The van der Waals surface area contributed by atoms with E-state index < -0.39 is 0 Å². The summed E-state index contributed by atoms with van der Waals surface area (Å²) in [5.41, 5.74) is 2.67. The van der Waals surface area contributed by atoms with E-state index in [1.165, 1.54) is 11.8 Å². The van der Waals surface area contributed by atoms with Crippen LogP contribution in [0.25, 0.3) is 0 Å². The maximum atomic E-state index is 14.0. The number of hydrogen-bond acceptors (Lipinski definition) is 10. The van der Waals surface area contributed by atoms with Crippen LogP contribution in [-0.4, -0.2) is 63.9 Å². The number of ether oxygens (including phenoxy) is 3. The molecule has 2 aromatic heterocycles. The summed E-state index contributed by atoms with van der Waals surface area (Å²) in [4.78, 5) is 27.6. The Hall–Kier alpha value is -5.14. The molecule has 1 N–H and O–H groups in total. The number of hydrazone groups is 1. The highest BCUT2D eigenvalue weighted by Crippen LogP contribution is 2.42. The van der Waals surface area contributed by atoms with Crippen LogP contribution in [0.2, 0.25) is 0 Å². The van der Waals surface area contributed by atoms with Crippen LogP contribution in [0.3, 0.4) is 0 Å². The first-order chi connectivity index (χ1) is 23.5. The zero-order valence-corrected chi connectivity index (χ0v) is 28.1. The van der Waals surface area contributed by atoms with Crippen LogP contribution in [0.4, 0.5) is 0 Å². The van der Waals surface area contributed by atoms with Crippen molar-refractivity contribution in [2.45, 2.75) is 30.7 Å². The molecule has 11 nitrogen and oxygen atoms in total. The van der Waals surface area contributed by atoms with Gasteiger partial charge in [0.2, 0.25) is 0 Å². The van der Waals surface area contributed by atoms with Crippen LogP contribution in [0.1, 0.15) is 34.3 Å². The van der Waals surface area contributed by atoms with Crippen LogP contribution in [0.5, 0.6) is 17.2 Å². The maximum Gasteiger partial charge on any atom is 0.258 e. The molecular formula is C35H34N6O5S2. The van der Waals surface area contributed by atoms with Crippen LogP contribution in [0, 0.1) is 0 Å². The van der Waals surface area contributed by atoms with Crippen LogP contribution < -0.4 is 19.5 Å². The summed E-state index contributed by atoms with van der Waals surface area (Å²) >= 11 is 2.86. The van der Waals surface area contributed by atoms with Crippen LogP contribution in [-0.2, 0) is 22.7 Å². The third kappa shape index (κ3) is 7.69. The Morgan fingerprint density at radius 2 is 1.73 bits per heavy atom. The number of methoxy groups -OCH3 is 2. The Labute approximate surface area is 286 Å². The van der Waals surface area contributed by atoms with Crippen molar-refractivity contribution in [1.29, 1.82) is 0 Å². The minimum atomic E-state index is -0.383. The Balaban J connectivity index is 1.20. The van der Waals surface area contributed by atoms with Gasteiger partial charge in [0, 0.05) is 12.0 Å². The molecule has 3 heterocycles. The SMILES string of the molecule is COc1cccc([C@H]2CC(c3cccs3)=NN2C(=O)CSc2nnc(CNC(=O)COc3ccccc3)n2Cc2ccccc2)c1OC. The van der Waals surface area contributed by atoms with Crippen molar-refractivity contribution in [2.24, 2.45) is 5.10 Å². The van der Waals surface area contributed by atoms with E-state index in [9.17, 15) is 9.59 Å². The van der Waals surface area contributed by atoms with E-state index in [0.29, 0.717) is 41.2 Å². The second-order valence-corrected chi connectivity index (χ2v) is 12.6. The van der Waals surface area contributed by atoms with Gasteiger partial charge in [-0.3, -0.25) is 9.59 Å². The number of thioether (sulfide) groups is 1. The van der Waals surface area contributed by atoms with E-state index in [4.69, 9.17) is 19.3 Å². The largest absolute Gasteiger partial charge is 0.493 e. The van der Waals surface area contributed by atoms with Gasteiger partial charge in [-0.25, -0.2) is 5.01 Å². The Kier molecular flexibility index (Phi) is 10.7. The van der Waals surface area contributed by atoms with Gasteiger partial charge < -0.3 is 24.1 Å². The van der Waals surface area contributed by atoms with Gasteiger partial charge in [-0.1, -0.05) is 78.5 Å². The van der Waals surface area contributed by atoms with E-state index in [2.05, 4.69) is 15.5 Å². The zero-order chi connectivity index (χ0) is 33.3. The number of carbonyl (C=O) groups excluding carboxylic acids is 2. The summed E-state index contributed by atoms with van der Waals surface area (Å²) in [5, 5.41) is 20.6. The maximum absolute atomic E-state index is 14.0. The molecule has 1 aliphatic heterocycles. The molecule has 2 amide bonds. The van der Waals surface area contributed by atoms with E-state index in [1.807, 2.05) is 88.8 Å². The number of aromatic nitrogens is 3. The molecule has 0 spiro atoms. The monoisotopic (exact) mass is 682 g/mol. The fraction of sp³-hybridized carbons (Fsp3) is 0.229. The van der Waals surface area contributed by atoms with Crippen molar-refractivity contribution < 1.29 is 23.8 Å². The highest BCUT2D eigenvalue weighted by molar-refractivity contribution is 7.99. The molecule has 246 valence electrons. The first-order valence-electron chi connectivity index (χ1n) is 15.2. The zero-order valence-electron chi connectivity index (χ0n) is 26.4. The lowest BCUT2D eigenvalue weighted by atomic mass is 9.99. The number of carbonyl (C=O) groups is 2. The lowest BCUT2D eigenvalue weighted by Crippen LogP contribution is -2.30. The first kappa shape index (κ1) is 32.8. The number of para-hydroxylation sites is 2. The predicted molar refractivity (Wildman–Crippen MR) is 185 cm³/mol. The minimum Gasteiger partial charge on any atom is -0.493 e. The third-order valence-corrected chi connectivity index (χ3v) is 9.49.